The Bertz CT molecular complexity index is 727. The van der Waals surface area contributed by atoms with Crippen LogP contribution in [0.15, 0.2) is 35.7 Å². The third kappa shape index (κ3) is 5.76. The van der Waals surface area contributed by atoms with Gasteiger partial charge in [-0.1, -0.05) is 19.9 Å². The van der Waals surface area contributed by atoms with Gasteiger partial charge in [-0.05, 0) is 38.1 Å². The van der Waals surface area contributed by atoms with Crippen LogP contribution in [-0.2, 0) is 19.5 Å². The molecule has 2 aromatic heterocycles. The van der Waals surface area contributed by atoms with Gasteiger partial charge in [-0.25, -0.2) is 4.99 Å². The number of aromatic nitrogens is 4. The van der Waals surface area contributed by atoms with Crippen molar-refractivity contribution in [3.05, 3.63) is 42.2 Å². The van der Waals surface area contributed by atoms with Crippen LogP contribution in [0.1, 0.15) is 38.2 Å². The van der Waals surface area contributed by atoms with Gasteiger partial charge in [0.15, 0.2) is 5.96 Å². The first-order valence-electron chi connectivity index (χ1n) is 10.3. The summed E-state index contributed by atoms with van der Waals surface area (Å²) in [5, 5.41) is 15.1. The lowest BCUT2D eigenvalue weighted by molar-refractivity contribution is 0.267. The molecule has 0 spiro atoms. The molecule has 8 heteroatoms. The summed E-state index contributed by atoms with van der Waals surface area (Å²) in [5.74, 6) is 1.84. The van der Waals surface area contributed by atoms with Gasteiger partial charge in [0.1, 0.15) is 12.2 Å². The predicted molar refractivity (Wildman–Crippen MR) is 111 cm³/mol. The van der Waals surface area contributed by atoms with Crippen molar-refractivity contribution in [1.29, 1.82) is 0 Å². The molecule has 0 bridgehead atoms. The number of nitrogens with one attached hydrogen (secondary N) is 2. The largest absolute Gasteiger partial charge is 0.355 e. The second-order valence-electron chi connectivity index (χ2n) is 7.01. The van der Waals surface area contributed by atoms with E-state index in [9.17, 15) is 0 Å². The average molecular weight is 385 g/mol. The highest BCUT2D eigenvalue weighted by molar-refractivity contribution is 5.79. The van der Waals surface area contributed by atoms with E-state index in [1.807, 2.05) is 18.2 Å². The molecule has 3 heterocycles. The smallest absolute Gasteiger partial charge is 0.191 e. The third-order valence-corrected chi connectivity index (χ3v) is 5.19. The van der Waals surface area contributed by atoms with Crippen LogP contribution in [0.5, 0.6) is 0 Å². The van der Waals surface area contributed by atoms with Crippen molar-refractivity contribution in [2.45, 2.75) is 52.2 Å². The molecule has 3 rings (SSSR count). The average Bonchev–Trinajstić information content (AvgIpc) is 3.39. The maximum atomic E-state index is 4.74. The Labute approximate surface area is 167 Å². The number of likely N-dealkylation sites (N-methyl/N-ethyl adjacent to an activating group) is 1. The first-order valence-corrected chi connectivity index (χ1v) is 10.3. The number of hydrogen-bond acceptors (Lipinski definition) is 5. The Morgan fingerprint density at radius 3 is 3.00 bits per heavy atom. The van der Waals surface area contributed by atoms with Crippen molar-refractivity contribution in [2.24, 2.45) is 4.99 Å². The van der Waals surface area contributed by atoms with Crippen molar-refractivity contribution >= 4 is 5.96 Å². The van der Waals surface area contributed by atoms with Gasteiger partial charge in [0.25, 0.3) is 0 Å². The van der Waals surface area contributed by atoms with Gasteiger partial charge < -0.3 is 15.2 Å². The van der Waals surface area contributed by atoms with Gasteiger partial charge in [0.05, 0.1) is 12.2 Å². The molecule has 1 unspecified atom stereocenters. The molecule has 0 aliphatic carbocycles. The molecule has 1 aliphatic rings. The second kappa shape index (κ2) is 10.8. The molecule has 0 amide bonds. The molecule has 0 saturated carbocycles. The zero-order valence-corrected chi connectivity index (χ0v) is 17.0. The van der Waals surface area contributed by atoms with Crippen molar-refractivity contribution in [1.82, 2.24) is 35.3 Å². The Morgan fingerprint density at radius 1 is 1.29 bits per heavy atom. The fourth-order valence-corrected chi connectivity index (χ4v) is 3.62. The molecule has 1 atom stereocenters. The van der Waals surface area contributed by atoms with Crippen LogP contribution in [0.4, 0.5) is 0 Å². The van der Waals surface area contributed by atoms with E-state index in [0.717, 1.165) is 50.1 Å². The summed E-state index contributed by atoms with van der Waals surface area (Å²) in [6.07, 6.45) is 7.00. The summed E-state index contributed by atoms with van der Waals surface area (Å²) in [5.41, 5.74) is 0.965. The minimum absolute atomic E-state index is 0.561. The highest BCUT2D eigenvalue weighted by Crippen LogP contribution is 2.15. The zero-order valence-electron chi connectivity index (χ0n) is 17.0. The highest BCUT2D eigenvalue weighted by Gasteiger charge is 2.22. The van der Waals surface area contributed by atoms with E-state index < -0.39 is 0 Å². The summed E-state index contributed by atoms with van der Waals surface area (Å²) in [6, 6.07) is 6.50. The molecule has 0 radical (unpaired) electrons. The number of likely N-dealkylation sites (tertiary alicyclic amines) is 1. The van der Waals surface area contributed by atoms with E-state index in [-0.39, 0.29) is 0 Å². The van der Waals surface area contributed by atoms with E-state index in [1.165, 1.54) is 19.4 Å². The number of guanidine groups is 1. The molecular weight excluding hydrogens is 352 g/mol. The Kier molecular flexibility index (Phi) is 7.78. The van der Waals surface area contributed by atoms with Crippen LogP contribution in [0.25, 0.3) is 0 Å². The topological polar surface area (TPSA) is 83.3 Å². The van der Waals surface area contributed by atoms with Gasteiger partial charge >= 0.3 is 0 Å². The van der Waals surface area contributed by atoms with Crippen LogP contribution >= 0.6 is 0 Å². The number of nitrogens with zero attached hydrogens (tertiary/aromatic N) is 6. The summed E-state index contributed by atoms with van der Waals surface area (Å²) in [7, 11) is 0. The van der Waals surface area contributed by atoms with Gasteiger partial charge in [0, 0.05) is 38.3 Å². The molecule has 1 fully saturated rings. The summed E-state index contributed by atoms with van der Waals surface area (Å²) in [6.45, 7) is 9.68. The molecule has 1 saturated heterocycles. The van der Waals surface area contributed by atoms with E-state index in [1.54, 1.807) is 12.5 Å². The lowest BCUT2D eigenvalue weighted by Gasteiger charge is -2.24. The lowest BCUT2D eigenvalue weighted by Crippen LogP contribution is -2.45. The second-order valence-corrected chi connectivity index (χ2v) is 7.01. The van der Waals surface area contributed by atoms with Crippen LogP contribution in [0.2, 0.25) is 0 Å². The van der Waals surface area contributed by atoms with E-state index in [2.05, 4.69) is 49.1 Å². The molecule has 28 heavy (non-hydrogen) atoms. The number of hydrogen-bond donors (Lipinski definition) is 2. The van der Waals surface area contributed by atoms with E-state index >= 15 is 0 Å². The monoisotopic (exact) mass is 384 g/mol. The fraction of sp³-hybridized carbons (Fsp3) is 0.600. The Morgan fingerprint density at radius 2 is 2.21 bits per heavy atom. The molecule has 0 aromatic carbocycles. The Hall–Kier alpha value is -2.48. The zero-order chi connectivity index (χ0) is 19.6. The first kappa shape index (κ1) is 20.3. The molecular formula is C20H32N8. The fourth-order valence-electron chi connectivity index (χ4n) is 3.62. The van der Waals surface area contributed by atoms with E-state index in [4.69, 9.17) is 4.99 Å². The van der Waals surface area contributed by atoms with Crippen molar-refractivity contribution in [2.75, 3.05) is 26.2 Å². The number of rotatable bonds is 9. The van der Waals surface area contributed by atoms with Crippen molar-refractivity contribution < 1.29 is 0 Å². The van der Waals surface area contributed by atoms with Gasteiger partial charge in [-0.2, -0.15) is 0 Å². The quantitative estimate of drug-likeness (QED) is 0.503. The molecule has 2 aromatic rings. The van der Waals surface area contributed by atoms with Crippen LogP contribution in [-0.4, -0.2) is 62.8 Å². The minimum Gasteiger partial charge on any atom is -0.355 e. The van der Waals surface area contributed by atoms with Crippen molar-refractivity contribution in [3.63, 3.8) is 0 Å². The normalized spacial score (nSPS) is 17.8. The summed E-state index contributed by atoms with van der Waals surface area (Å²) >= 11 is 0. The third-order valence-electron chi connectivity index (χ3n) is 5.19. The van der Waals surface area contributed by atoms with Crippen LogP contribution in [0.3, 0.4) is 0 Å². The Balaban J connectivity index is 1.56. The van der Waals surface area contributed by atoms with Crippen molar-refractivity contribution in [3.8, 4) is 0 Å². The number of aryl methyl sites for hydroxylation is 1. The molecule has 152 valence electrons. The van der Waals surface area contributed by atoms with Gasteiger partial charge in [-0.3, -0.25) is 9.88 Å². The van der Waals surface area contributed by atoms with E-state index in [0.29, 0.717) is 12.6 Å². The highest BCUT2D eigenvalue weighted by atomic mass is 15.3. The summed E-state index contributed by atoms with van der Waals surface area (Å²) in [4.78, 5) is 11.6. The lowest BCUT2D eigenvalue weighted by atomic mass is 10.2. The maximum Gasteiger partial charge on any atom is 0.191 e. The standard InChI is InChI=1S/C20H32N8/c1-3-19-26-25-16-28(19)13-11-22-20(23-14-17-8-5-6-10-21-17)24-15-18-9-7-12-27(18)4-2/h5-6,8,10,16,18H,3-4,7,9,11-15H2,1-2H3,(H2,22,23,24). The predicted octanol–water partition coefficient (Wildman–Crippen LogP) is 1.46. The molecule has 1 aliphatic heterocycles. The van der Waals surface area contributed by atoms with Crippen LogP contribution in [0, 0.1) is 0 Å². The van der Waals surface area contributed by atoms with Gasteiger partial charge in [-0.15, -0.1) is 10.2 Å². The number of pyridine rings is 1. The van der Waals surface area contributed by atoms with Crippen LogP contribution < -0.4 is 10.6 Å². The maximum absolute atomic E-state index is 4.74. The SMILES string of the molecule is CCc1nncn1CCNC(=NCc1ccccn1)NCC1CCCN1CC. The molecule has 8 nitrogen and oxygen atoms in total. The molecule has 2 N–H and O–H groups in total. The van der Waals surface area contributed by atoms with Gasteiger partial charge in [0.2, 0.25) is 0 Å². The summed E-state index contributed by atoms with van der Waals surface area (Å²) < 4.78 is 2.08. The first-order chi connectivity index (χ1) is 13.8. The number of aliphatic imine (C=N–C) groups is 1. The minimum atomic E-state index is 0.561.